The number of ether oxygens (including phenoxy) is 2. The van der Waals surface area contributed by atoms with Crippen LogP contribution in [-0.4, -0.2) is 13.0 Å². The lowest BCUT2D eigenvalue weighted by atomic mass is 10.2. The highest BCUT2D eigenvalue weighted by molar-refractivity contribution is 7.12. The van der Waals surface area contributed by atoms with Crippen molar-refractivity contribution in [3.05, 3.63) is 57.8 Å². The molecule has 0 radical (unpaired) electrons. The second kappa shape index (κ2) is 6.47. The molecule has 2 aromatic rings. The molecule has 1 aromatic carbocycles. The predicted molar refractivity (Wildman–Crippen MR) is 73.8 cm³/mol. The summed E-state index contributed by atoms with van der Waals surface area (Å²) in [5.74, 6) is -0.463. The first-order chi connectivity index (χ1) is 9.22. The van der Waals surface area contributed by atoms with Crippen LogP contribution in [0.1, 0.15) is 27.1 Å². The molecule has 2 N–H and O–H groups in total. The Morgan fingerprint density at radius 1 is 1.32 bits per heavy atom. The summed E-state index contributed by atoms with van der Waals surface area (Å²) in [4.78, 5) is 11.8. The smallest absolute Gasteiger partial charge is 0.259 e. The number of primary amides is 1. The summed E-state index contributed by atoms with van der Waals surface area (Å²) in [7, 11) is 1.54. The van der Waals surface area contributed by atoms with Crippen LogP contribution < -0.4 is 5.73 Å². The van der Waals surface area contributed by atoms with Crippen molar-refractivity contribution in [3.8, 4) is 0 Å². The van der Waals surface area contributed by atoms with Gasteiger partial charge < -0.3 is 15.2 Å². The van der Waals surface area contributed by atoms with Crippen molar-refractivity contribution >= 4 is 17.2 Å². The van der Waals surface area contributed by atoms with Crippen LogP contribution in [0.5, 0.6) is 0 Å². The quantitative estimate of drug-likeness (QED) is 0.826. The third-order valence-corrected chi connectivity index (χ3v) is 3.58. The van der Waals surface area contributed by atoms with Crippen LogP contribution in [0.3, 0.4) is 0 Å². The molecule has 0 fully saturated rings. The third-order valence-electron chi connectivity index (χ3n) is 2.63. The van der Waals surface area contributed by atoms with Gasteiger partial charge in [-0.05, 0) is 17.0 Å². The molecule has 0 bridgehead atoms. The van der Waals surface area contributed by atoms with Crippen LogP contribution in [0, 0.1) is 0 Å². The second-order valence-corrected chi connectivity index (χ2v) is 4.85. The number of hydrogen-bond donors (Lipinski definition) is 1. The monoisotopic (exact) mass is 277 g/mol. The zero-order valence-corrected chi connectivity index (χ0v) is 11.4. The van der Waals surface area contributed by atoms with Crippen LogP contribution >= 0.6 is 11.3 Å². The van der Waals surface area contributed by atoms with Crippen molar-refractivity contribution in [3.63, 3.8) is 0 Å². The first-order valence-electron chi connectivity index (χ1n) is 5.78. The van der Waals surface area contributed by atoms with E-state index in [0.29, 0.717) is 17.0 Å². The summed E-state index contributed by atoms with van der Waals surface area (Å²) in [6.07, 6.45) is -0.589. The number of carbonyl (C=O) groups is 1. The number of thiophene rings is 1. The Morgan fingerprint density at radius 2 is 2.05 bits per heavy atom. The molecule has 0 aliphatic heterocycles. The summed E-state index contributed by atoms with van der Waals surface area (Å²) in [6, 6.07) is 11.6. The number of amides is 1. The summed E-state index contributed by atoms with van der Waals surface area (Å²) in [5, 5.41) is 1.80. The maximum Gasteiger partial charge on any atom is 0.259 e. The molecule has 1 amide bonds. The SMILES string of the molecule is COC(OCc1ccccc1)c1ccsc1C(N)=O. The van der Waals surface area contributed by atoms with Crippen molar-refractivity contribution < 1.29 is 14.3 Å². The Kier molecular flexibility index (Phi) is 4.68. The van der Waals surface area contributed by atoms with Crippen molar-refractivity contribution in [2.24, 2.45) is 5.73 Å². The molecule has 1 heterocycles. The Hall–Kier alpha value is -1.69. The summed E-state index contributed by atoms with van der Waals surface area (Å²) < 4.78 is 11.0. The molecule has 100 valence electrons. The summed E-state index contributed by atoms with van der Waals surface area (Å²) in [5.41, 5.74) is 7.04. The normalized spacial score (nSPS) is 12.3. The molecule has 1 atom stereocenters. The molecule has 5 heteroatoms. The average molecular weight is 277 g/mol. The average Bonchev–Trinajstić information content (AvgIpc) is 2.90. The van der Waals surface area contributed by atoms with Crippen LogP contribution in [0.15, 0.2) is 41.8 Å². The highest BCUT2D eigenvalue weighted by Gasteiger charge is 2.19. The first-order valence-corrected chi connectivity index (χ1v) is 6.66. The van der Waals surface area contributed by atoms with E-state index in [0.717, 1.165) is 5.56 Å². The molecular weight excluding hydrogens is 262 g/mol. The van der Waals surface area contributed by atoms with Crippen LogP contribution in [0.25, 0.3) is 0 Å². The lowest BCUT2D eigenvalue weighted by molar-refractivity contribution is -0.135. The molecule has 0 spiro atoms. The van der Waals surface area contributed by atoms with Gasteiger partial charge in [-0.1, -0.05) is 30.3 Å². The molecular formula is C14H15NO3S. The van der Waals surface area contributed by atoms with Crippen LogP contribution in [-0.2, 0) is 16.1 Å². The van der Waals surface area contributed by atoms with E-state index in [9.17, 15) is 4.79 Å². The first kappa shape index (κ1) is 13.7. The van der Waals surface area contributed by atoms with E-state index in [-0.39, 0.29) is 0 Å². The molecule has 0 aliphatic carbocycles. The van der Waals surface area contributed by atoms with E-state index in [1.807, 2.05) is 30.3 Å². The Bertz CT molecular complexity index is 539. The van der Waals surface area contributed by atoms with Crippen molar-refractivity contribution in [1.82, 2.24) is 0 Å². The fourth-order valence-corrected chi connectivity index (χ4v) is 2.50. The third kappa shape index (κ3) is 3.41. The summed E-state index contributed by atoms with van der Waals surface area (Å²) in [6.45, 7) is 0.410. The Labute approximate surface area is 115 Å². The Morgan fingerprint density at radius 3 is 2.68 bits per heavy atom. The van der Waals surface area contributed by atoms with Gasteiger partial charge in [0.1, 0.15) is 0 Å². The Balaban J connectivity index is 2.08. The van der Waals surface area contributed by atoms with Gasteiger partial charge in [0.15, 0.2) is 6.29 Å². The van der Waals surface area contributed by atoms with E-state index in [4.69, 9.17) is 15.2 Å². The van der Waals surface area contributed by atoms with Gasteiger partial charge in [0.2, 0.25) is 0 Å². The van der Waals surface area contributed by atoms with E-state index in [1.54, 1.807) is 11.4 Å². The minimum absolute atomic E-state index is 0.410. The highest BCUT2D eigenvalue weighted by Crippen LogP contribution is 2.27. The number of carbonyl (C=O) groups excluding carboxylic acids is 1. The van der Waals surface area contributed by atoms with E-state index >= 15 is 0 Å². The number of benzene rings is 1. The topological polar surface area (TPSA) is 61.6 Å². The highest BCUT2D eigenvalue weighted by atomic mass is 32.1. The molecule has 2 rings (SSSR count). The number of methoxy groups -OCH3 is 1. The minimum Gasteiger partial charge on any atom is -0.365 e. The van der Waals surface area contributed by atoms with Crippen molar-refractivity contribution in [2.45, 2.75) is 12.9 Å². The molecule has 1 aromatic heterocycles. The van der Waals surface area contributed by atoms with Gasteiger partial charge >= 0.3 is 0 Å². The zero-order chi connectivity index (χ0) is 13.7. The molecule has 1 unspecified atom stereocenters. The standard InChI is InChI=1S/C14H15NO3S/c1-17-14(11-7-8-19-12(11)13(15)16)18-9-10-5-3-2-4-6-10/h2-8,14H,9H2,1H3,(H2,15,16). The van der Waals surface area contributed by atoms with Gasteiger partial charge in [0.05, 0.1) is 11.5 Å². The molecule has 0 saturated heterocycles. The van der Waals surface area contributed by atoms with Gasteiger partial charge in [-0.25, -0.2) is 0 Å². The molecule has 19 heavy (non-hydrogen) atoms. The second-order valence-electron chi connectivity index (χ2n) is 3.93. The zero-order valence-electron chi connectivity index (χ0n) is 10.5. The summed E-state index contributed by atoms with van der Waals surface area (Å²) >= 11 is 1.29. The van der Waals surface area contributed by atoms with Gasteiger partial charge in [-0.2, -0.15) is 0 Å². The maximum atomic E-state index is 11.3. The van der Waals surface area contributed by atoms with E-state index < -0.39 is 12.2 Å². The van der Waals surface area contributed by atoms with Gasteiger partial charge in [-0.3, -0.25) is 4.79 Å². The number of rotatable bonds is 6. The lowest BCUT2D eigenvalue weighted by Gasteiger charge is -2.16. The largest absolute Gasteiger partial charge is 0.365 e. The van der Waals surface area contributed by atoms with Crippen molar-refractivity contribution in [2.75, 3.05) is 7.11 Å². The number of nitrogens with two attached hydrogens (primary N) is 1. The minimum atomic E-state index is -0.589. The maximum absolute atomic E-state index is 11.3. The molecule has 4 nitrogen and oxygen atoms in total. The van der Waals surface area contributed by atoms with Crippen LogP contribution in [0.2, 0.25) is 0 Å². The predicted octanol–water partition coefficient (Wildman–Crippen LogP) is 2.71. The van der Waals surface area contributed by atoms with E-state index in [1.165, 1.54) is 18.4 Å². The van der Waals surface area contributed by atoms with Gasteiger partial charge in [0, 0.05) is 12.7 Å². The molecule has 0 aliphatic rings. The van der Waals surface area contributed by atoms with Gasteiger partial charge in [0.25, 0.3) is 5.91 Å². The van der Waals surface area contributed by atoms with Gasteiger partial charge in [-0.15, -0.1) is 11.3 Å². The lowest BCUT2D eigenvalue weighted by Crippen LogP contribution is -2.15. The van der Waals surface area contributed by atoms with Crippen LogP contribution in [0.4, 0.5) is 0 Å². The van der Waals surface area contributed by atoms with Crippen molar-refractivity contribution in [1.29, 1.82) is 0 Å². The molecule has 0 saturated carbocycles. The fourth-order valence-electron chi connectivity index (χ4n) is 1.74. The fraction of sp³-hybridized carbons (Fsp3) is 0.214. The number of hydrogen-bond acceptors (Lipinski definition) is 4. The van der Waals surface area contributed by atoms with E-state index in [2.05, 4.69) is 0 Å².